The van der Waals surface area contributed by atoms with E-state index < -0.39 is 23.5 Å². The smallest absolute Gasteiger partial charge is 0.337 e. The molecule has 1 aliphatic carbocycles. The number of benzene rings is 1. The zero-order valence-corrected chi connectivity index (χ0v) is 16.0. The highest BCUT2D eigenvalue weighted by Gasteiger charge is 2.27. The lowest BCUT2D eigenvalue weighted by atomic mass is 9.92. The topological polar surface area (TPSA) is 97.1 Å². The quantitative estimate of drug-likeness (QED) is 0.685. The van der Waals surface area contributed by atoms with Gasteiger partial charge in [-0.05, 0) is 50.5 Å². The summed E-state index contributed by atoms with van der Waals surface area (Å²) in [4.78, 5) is 27.9. The van der Waals surface area contributed by atoms with Crippen LogP contribution in [0.25, 0.3) is 5.69 Å². The van der Waals surface area contributed by atoms with E-state index in [2.05, 4.69) is 15.4 Å². The van der Waals surface area contributed by atoms with Crippen LogP contribution in [0.4, 0.5) is 8.78 Å². The normalized spacial score (nSPS) is 15.5. The molecule has 1 aromatic carbocycles. The van der Waals surface area contributed by atoms with Gasteiger partial charge in [-0.15, -0.1) is 0 Å². The van der Waals surface area contributed by atoms with Crippen molar-refractivity contribution in [3.63, 3.8) is 0 Å². The Morgan fingerprint density at radius 3 is 2.60 bits per heavy atom. The van der Waals surface area contributed by atoms with Gasteiger partial charge in [-0.25, -0.2) is 23.2 Å². The molecule has 0 aliphatic heterocycles. The first-order valence-electron chi connectivity index (χ1n) is 9.38. The van der Waals surface area contributed by atoms with Crippen molar-refractivity contribution in [3.05, 3.63) is 76.4 Å². The monoisotopic (exact) mass is 412 g/mol. The number of aromatic carboxylic acids is 1. The molecule has 2 N–H and O–H groups in total. The van der Waals surface area contributed by atoms with Gasteiger partial charge < -0.3 is 10.4 Å². The largest absolute Gasteiger partial charge is 0.478 e. The van der Waals surface area contributed by atoms with Crippen molar-refractivity contribution in [1.29, 1.82) is 0 Å². The summed E-state index contributed by atoms with van der Waals surface area (Å²) in [6, 6.07) is 5.59. The Bertz CT molecular complexity index is 1140. The average molecular weight is 412 g/mol. The molecule has 2 aromatic heterocycles. The highest BCUT2D eigenvalue weighted by molar-refractivity contribution is 5.94. The summed E-state index contributed by atoms with van der Waals surface area (Å²) in [5, 5.41) is 16.3. The maximum absolute atomic E-state index is 13.6. The number of hydrogen-bond acceptors (Lipinski definition) is 4. The number of carbonyl (C=O) groups excluding carboxylic acids is 1. The molecule has 3 aromatic rings. The van der Waals surface area contributed by atoms with Crippen LogP contribution in [0.2, 0.25) is 0 Å². The summed E-state index contributed by atoms with van der Waals surface area (Å²) in [6.07, 6.45) is 3.68. The molecular weight excluding hydrogens is 394 g/mol. The molecule has 0 saturated heterocycles. The minimum atomic E-state index is -1.11. The number of amides is 1. The van der Waals surface area contributed by atoms with E-state index in [0.717, 1.165) is 23.7 Å². The van der Waals surface area contributed by atoms with E-state index in [0.29, 0.717) is 12.8 Å². The lowest BCUT2D eigenvalue weighted by Gasteiger charge is -2.24. The van der Waals surface area contributed by atoms with Crippen LogP contribution in [0.3, 0.4) is 0 Å². The number of hydrogen-bond donors (Lipinski definition) is 2. The molecule has 1 amide bonds. The predicted octanol–water partition coefficient (Wildman–Crippen LogP) is 3.36. The Hall–Kier alpha value is -3.62. The fourth-order valence-corrected chi connectivity index (χ4v) is 3.74. The molecule has 0 spiro atoms. The fourth-order valence-electron chi connectivity index (χ4n) is 3.74. The number of aryl methyl sites for hydroxylation is 1. The van der Waals surface area contributed by atoms with E-state index in [-0.39, 0.29) is 28.7 Å². The van der Waals surface area contributed by atoms with Crippen molar-refractivity contribution in [2.45, 2.75) is 32.2 Å². The molecule has 1 atom stereocenters. The van der Waals surface area contributed by atoms with Crippen LogP contribution in [-0.4, -0.2) is 31.7 Å². The first-order valence-corrected chi connectivity index (χ1v) is 9.38. The second kappa shape index (κ2) is 7.66. The third-order valence-electron chi connectivity index (χ3n) is 5.13. The van der Waals surface area contributed by atoms with E-state index in [9.17, 15) is 18.4 Å². The fraction of sp³-hybridized carbons (Fsp3) is 0.238. The van der Waals surface area contributed by atoms with Crippen molar-refractivity contribution in [1.82, 2.24) is 20.1 Å². The van der Waals surface area contributed by atoms with Crippen molar-refractivity contribution >= 4 is 11.9 Å². The van der Waals surface area contributed by atoms with Crippen molar-refractivity contribution < 1.29 is 23.5 Å². The average Bonchev–Trinajstić information content (AvgIpc) is 3.12. The number of nitrogens with zero attached hydrogens (tertiary/aromatic N) is 3. The molecule has 0 radical (unpaired) electrons. The maximum Gasteiger partial charge on any atom is 0.337 e. The Morgan fingerprint density at radius 1 is 1.20 bits per heavy atom. The number of rotatable bonds is 4. The van der Waals surface area contributed by atoms with Gasteiger partial charge in [-0.3, -0.25) is 4.79 Å². The number of aromatic nitrogens is 3. The van der Waals surface area contributed by atoms with Crippen LogP contribution in [-0.2, 0) is 6.42 Å². The lowest BCUT2D eigenvalue weighted by molar-refractivity contribution is 0.0694. The van der Waals surface area contributed by atoms with Crippen molar-refractivity contribution in [3.8, 4) is 5.69 Å². The predicted molar refractivity (Wildman–Crippen MR) is 103 cm³/mol. The number of pyridine rings is 1. The number of carboxylic acids is 1. The van der Waals surface area contributed by atoms with Gasteiger partial charge in [0, 0.05) is 17.3 Å². The van der Waals surface area contributed by atoms with Crippen LogP contribution in [0, 0.1) is 18.6 Å². The summed E-state index contributed by atoms with van der Waals surface area (Å²) in [6.45, 7) is 1.53. The van der Waals surface area contributed by atoms with Crippen LogP contribution in [0.1, 0.15) is 56.7 Å². The molecule has 0 fully saturated rings. The van der Waals surface area contributed by atoms with Gasteiger partial charge in [0.25, 0.3) is 5.91 Å². The Labute approximate surface area is 170 Å². The highest BCUT2D eigenvalue weighted by atomic mass is 19.1. The zero-order chi connectivity index (χ0) is 21.4. The molecule has 30 heavy (non-hydrogen) atoms. The maximum atomic E-state index is 13.6. The third-order valence-corrected chi connectivity index (χ3v) is 5.13. The van der Waals surface area contributed by atoms with Crippen molar-refractivity contribution in [2.75, 3.05) is 0 Å². The zero-order valence-electron chi connectivity index (χ0n) is 16.0. The van der Waals surface area contributed by atoms with Crippen LogP contribution >= 0.6 is 0 Å². The molecule has 9 heteroatoms. The third kappa shape index (κ3) is 3.66. The van der Waals surface area contributed by atoms with E-state index in [1.807, 2.05) is 0 Å². The number of nitrogens with one attached hydrogen (secondary N) is 1. The second-order valence-electron chi connectivity index (χ2n) is 7.14. The van der Waals surface area contributed by atoms with Gasteiger partial charge in [-0.2, -0.15) is 5.10 Å². The molecule has 7 nitrogen and oxygen atoms in total. The van der Waals surface area contributed by atoms with E-state index in [1.54, 1.807) is 6.20 Å². The van der Waals surface area contributed by atoms with Gasteiger partial charge in [0.1, 0.15) is 17.3 Å². The van der Waals surface area contributed by atoms with Crippen LogP contribution < -0.4 is 5.32 Å². The van der Waals surface area contributed by atoms with E-state index in [1.165, 1.54) is 35.9 Å². The first-order chi connectivity index (χ1) is 14.3. The Balaban J connectivity index is 1.60. The lowest BCUT2D eigenvalue weighted by Crippen LogP contribution is -2.31. The molecule has 0 saturated carbocycles. The van der Waals surface area contributed by atoms with E-state index in [4.69, 9.17) is 5.11 Å². The van der Waals surface area contributed by atoms with E-state index >= 15 is 0 Å². The van der Waals surface area contributed by atoms with Crippen LogP contribution in [0.15, 0.2) is 36.5 Å². The number of fused-ring (bicyclic) bond motifs is 1. The molecule has 0 bridgehead atoms. The first kappa shape index (κ1) is 19.7. The molecule has 4 rings (SSSR count). The highest BCUT2D eigenvalue weighted by Crippen LogP contribution is 2.31. The SMILES string of the molecule is Cc1nc(C(=O)NC2CCCc3c2cnn3-c2cc(F)cc(F)c2)ccc1C(=O)O. The Morgan fingerprint density at radius 2 is 1.93 bits per heavy atom. The van der Waals surface area contributed by atoms with Crippen molar-refractivity contribution in [2.24, 2.45) is 0 Å². The van der Waals surface area contributed by atoms with Gasteiger partial charge in [0.05, 0.1) is 29.2 Å². The summed E-state index contributed by atoms with van der Waals surface area (Å²) in [5.41, 5.74) is 2.24. The van der Waals surface area contributed by atoms with Gasteiger partial charge in [-0.1, -0.05) is 0 Å². The number of carbonyl (C=O) groups is 2. The molecule has 1 aliphatic rings. The summed E-state index contributed by atoms with van der Waals surface area (Å²) in [7, 11) is 0. The minimum absolute atomic E-state index is 0.0371. The second-order valence-corrected chi connectivity index (χ2v) is 7.14. The Kier molecular flexibility index (Phi) is 5.03. The number of carboxylic acid groups (broad SMARTS) is 1. The molecule has 1 unspecified atom stereocenters. The standard InChI is InChI=1S/C21H18F2N4O3/c1-11-15(21(29)30)5-6-18(25-11)20(28)26-17-3-2-4-19-16(17)10-24-27(19)14-8-12(22)7-13(23)9-14/h5-10,17H,2-4H2,1H3,(H,26,28)(H,29,30). The number of halogens is 2. The summed E-state index contributed by atoms with van der Waals surface area (Å²) in [5.74, 6) is -2.93. The van der Waals surface area contributed by atoms with Gasteiger partial charge in [0.2, 0.25) is 0 Å². The molecular formula is C21H18F2N4O3. The van der Waals surface area contributed by atoms with Gasteiger partial charge in [0.15, 0.2) is 0 Å². The summed E-state index contributed by atoms with van der Waals surface area (Å²) < 4.78 is 28.7. The van der Waals surface area contributed by atoms with Gasteiger partial charge >= 0.3 is 5.97 Å². The minimum Gasteiger partial charge on any atom is -0.478 e. The van der Waals surface area contributed by atoms with Crippen LogP contribution in [0.5, 0.6) is 0 Å². The summed E-state index contributed by atoms with van der Waals surface area (Å²) >= 11 is 0. The molecule has 2 heterocycles. The molecule has 154 valence electrons.